The lowest BCUT2D eigenvalue weighted by Gasteiger charge is -2.08. The third-order valence-corrected chi connectivity index (χ3v) is 2.73. The Bertz CT molecular complexity index is 393. The van der Waals surface area contributed by atoms with Gasteiger partial charge in [-0.15, -0.1) is 0 Å². The van der Waals surface area contributed by atoms with Crippen molar-refractivity contribution >= 4 is 0 Å². The molecule has 70 valence electrons. The van der Waals surface area contributed by atoms with Crippen LogP contribution in [0.5, 0.6) is 0 Å². The first-order chi connectivity index (χ1) is 6.24. The molecule has 0 saturated heterocycles. The SMILES string of the molecule is Cn1c2c(cc(CO)c1=O)CCC2. The molecule has 0 aromatic carbocycles. The molecule has 0 saturated carbocycles. The van der Waals surface area contributed by atoms with Crippen LogP contribution in [-0.4, -0.2) is 9.67 Å². The summed E-state index contributed by atoms with van der Waals surface area (Å²) in [5.41, 5.74) is 2.83. The molecule has 13 heavy (non-hydrogen) atoms. The average Bonchev–Trinajstić information content (AvgIpc) is 2.59. The van der Waals surface area contributed by atoms with E-state index in [9.17, 15) is 4.79 Å². The van der Waals surface area contributed by atoms with E-state index in [1.165, 1.54) is 5.56 Å². The monoisotopic (exact) mass is 179 g/mol. The number of hydrogen-bond donors (Lipinski definition) is 1. The topological polar surface area (TPSA) is 42.2 Å². The molecule has 2 rings (SSSR count). The molecule has 1 heterocycles. The van der Waals surface area contributed by atoms with Gasteiger partial charge in [-0.3, -0.25) is 4.79 Å². The van der Waals surface area contributed by atoms with Crippen molar-refractivity contribution in [3.8, 4) is 0 Å². The predicted molar refractivity (Wildman–Crippen MR) is 49.6 cm³/mol. The largest absolute Gasteiger partial charge is 0.391 e. The van der Waals surface area contributed by atoms with Crippen molar-refractivity contribution in [1.82, 2.24) is 4.57 Å². The van der Waals surface area contributed by atoms with Gasteiger partial charge in [-0.25, -0.2) is 0 Å². The lowest BCUT2D eigenvalue weighted by molar-refractivity contribution is 0.279. The van der Waals surface area contributed by atoms with Gasteiger partial charge in [0, 0.05) is 18.3 Å². The van der Waals surface area contributed by atoms with Crippen LogP contribution in [0.25, 0.3) is 0 Å². The van der Waals surface area contributed by atoms with Crippen molar-refractivity contribution in [2.45, 2.75) is 25.9 Å². The molecule has 3 heteroatoms. The van der Waals surface area contributed by atoms with Crippen LogP contribution in [0.3, 0.4) is 0 Å². The van der Waals surface area contributed by atoms with E-state index in [4.69, 9.17) is 5.11 Å². The Morgan fingerprint density at radius 2 is 2.31 bits per heavy atom. The van der Waals surface area contributed by atoms with Crippen molar-refractivity contribution in [3.05, 3.63) is 33.2 Å². The summed E-state index contributed by atoms with van der Waals surface area (Å²) in [7, 11) is 1.78. The van der Waals surface area contributed by atoms with Crippen molar-refractivity contribution in [1.29, 1.82) is 0 Å². The van der Waals surface area contributed by atoms with Gasteiger partial charge in [0.2, 0.25) is 0 Å². The molecule has 1 aromatic rings. The maximum absolute atomic E-state index is 11.6. The zero-order valence-corrected chi connectivity index (χ0v) is 7.71. The molecular weight excluding hydrogens is 166 g/mol. The highest BCUT2D eigenvalue weighted by molar-refractivity contribution is 5.29. The molecule has 1 aliphatic rings. The third-order valence-electron chi connectivity index (χ3n) is 2.73. The summed E-state index contributed by atoms with van der Waals surface area (Å²) in [6.07, 6.45) is 3.15. The molecule has 1 aromatic heterocycles. The first kappa shape index (κ1) is 8.51. The van der Waals surface area contributed by atoms with E-state index < -0.39 is 0 Å². The Kier molecular flexibility index (Phi) is 1.96. The fourth-order valence-corrected chi connectivity index (χ4v) is 2.01. The smallest absolute Gasteiger partial charge is 0.256 e. The minimum absolute atomic E-state index is 0.0526. The molecule has 0 bridgehead atoms. The van der Waals surface area contributed by atoms with Crippen LogP contribution in [0, 0.1) is 0 Å². The van der Waals surface area contributed by atoms with Crippen molar-refractivity contribution in [2.75, 3.05) is 0 Å². The van der Waals surface area contributed by atoms with Crippen molar-refractivity contribution < 1.29 is 5.11 Å². The number of hydrogen-bond acceptors (Lipinski definition) is 2. The minimum Gasteiger partial charge on any atom is -0.391 e. The zero-order chi connectivity index (χ0) is 9.42. The van der Waals surface area contributed by atoms with Gasteiger partial charge < -0.3 is 9.67 Å². The summed E-state index contributed by atoms with van der Waals surface area (Å²) >= 11 is 0. The normalized spacial score (nSPS) is 14.6. The van der Waals surface area contributed by atoms with Crippen LogP contribution in [-0.2, 0) is 26.5 Å². The minimum atomic E-state index is -0.153. The van der Waals surface area contributed by atoms with E-state index in [0.717, 1.165) is 25.0 Å². The second-order valence-electron chi connectivity index (χ2n) is 3.52. The van der Waals surface area contributed by atoms with E-state index in [0.29, 0.717) is 5.56 Å². The van der Waals surface area contributed by atoms with Crippen LogP contribution in [0.2, 0.25) is 0 Å². The highest BCUT2D eigenvalue weighted by Crippen LogP contribution is 2.20. The van der Waals surface area contributed by atoms with Crippen LogP contribution >= 0.6 is 0 Å². The Morgan fingerprint density at radius 1 is 1.54 bits per heavy atom. The lowest BCUT2D eigenvalue weighted by Crippen LogP contribution is -2.24. The number of pyridine rings is 1. The van der Waals surface area contributed by atoms with Crippen LogP contribution in [0.1, 0.15) is 23.2 Å². The van der Waals surface area contributed by atoms with Gasteiger partial charge >= 0.3 is 0 Å². The number of fused-ring (bicyclic) bond motifs is 1. The van der Waals surface area contributed by atoms with Crippen LogP contribution < -0.4 is 5.56 Å². The molecule has 1 N–H and O–H groups in total. The molecule has 3 nitrogen and oxygen atoms in total. The molecule has 0 atom stereocenters. The third kappa shape index (κ3) is 1.20. The molecule has 0 unspecified atom stereocenters. The van der Waals surface area contributed by atoms with E-state index in [1.807, 2.05) is 6.07 Å². The van der Waals surface area contributed by atoms with E-state index >= 15 is 0 Å². The lowest BCUT2D eigenvalue weighted by atomic mass is 10.1. The number of rotatable bonds is 1. The summed E-state index contributed by atoms with van der Waals surface area (Å²) in [6, 6.07) is 1.85. The van der Waals surface area contributed by atoms with E-state index in [-0.39, 0.29) is 12.2 Å². The van der Waals surface area contributed by atoms with Gasteiger partial charge in [0.15, 0.2) is 0 Å². The number of aryl methyl sites for hydroxylation is 1. The number of aliphatic hydroxyl groups is 1. The Morgan fingerprint density at radius 3 is 3.00 bits per heavy atom. The fraction of sp³-hybridized carbons (Fsp3) is 0.500. The van der Waals surface area contributed by atoms with Gasteiger partial charge in [0.25, 0.3) is 5.56 Å². The zero-order valence-electron chi connectivity index (χ0n) is 7.71. The van der Waals surface area contributed by atoms with Gasteiger partial charge in [0.05, 0.1) is 6.61 Å². The molecule has 0 amide bonds. The van der Waals surface area contributed by atoms with Gasteiger partial charge in [-0.2, -0.15) is 0 Å². The predicted octanol–water partition coefficient (Wildman–Crippen LogP) is 0.366. The first-order valence-corrected chi connectivity index (χ1v) is 4.55. The summed E-state index contributed by atoms with van der Waals surface area (Å²) in [5, 5.41) is 8.96. The van der Waals surface area contributed by atoms with Gasteiger partial charge in [0.1, 0.15) is 0 Å². The van der Waals surface area contributed by atoms with Crippen LogP contribution in [0.15, 0.2) is 10.9 Å². The van der Waals surface area contributed by atoms with Crippen molar-refractivity contribution in [3.63, 3.8) is 0 Å². The average molecular weight is 179 g/mol. The number of aliphatic hydroxyl groups excluding tert-OH is 1. The van der Waals surface area contributed by atoms with Gasteiger partial charge in [-0.1, -0.05) is 0 Å². The Labute approximate surface area is 76.6 Å². The van der Waals surface area contributed by atoms with E-state index in [2.05, 4.69) is 0 Å². The van der Waals surface area contributed by atoms with Crippen LogP contribution in [0.4, 0.5) is 0 Å². The Hall–Kier alpha value is -1.09. The number of aromatic nitrogens is 1. The summed E-state index contributed by atoms with van der Waals surface area (Å²) in [5.74, 6) is 0. The second kappa shape index (κ2) is 3.00. The molecule has 1 aliphatic carbocycles. The fourth-order valence-electron chi connectivity index (χ4n) is 2.01. The molecule has 0 radical (unpaired) electrons. The maximum Gasteiger partial charge on any atom is 0.256 e. The number of nitrogens with zero attached hydrogens (tertiary/aromatic N) is 1. The highest BCUT2D eigenvalue weighted by Gasteiger charge is 2.16. The van der Waals surface area contributed by atoms with Gasteiger partial charge in [-0.05, 0) is 30.9 Å². The molecule has 0 aliphatic heterocycles. The Balaban J connectivity index is 2.68. The van der Waals surface area contributed by atoms with E-state index in [1.54, 1.807) is 11.6 Å². The summed E-state index contributed by atoms with van der Waals surface area (Å²) in [6.45, 7) is -0.153. The maximum atomic E-state index is 11.6. The summed E-state index contributed by atoms with van der Waals surface area (Å²) < 4.78 is 1.67. The first-order valence-electron chi connectivity index (χ1n) is 4.55. The second-order valence-corrected chi connectivity index (χ2v) is 3.52. The molecular formula is C10H13NO2. The summed E-state index contributed by atoms with van der Waals surface area (Å²) in [4.78, 5) is 11.6. The highest BCUT2D eigenvalue weighted by atomic mass is 16.3. The molecule has 0 fully saturated rings. The quantitative estimate of drug-likeness (QED) is 0.676. The standard InChI is InChI=1S/C10H13NO2/c1-11-9-4-2-3-7(9)5-8(6-12)10(11)13/h5,12H,2-4,6H2,1H3. The van der Waals surface area contributed by atoms with Crippen molar-refractivity contribution in [2.24, 2.45) is 7.05 Å². The molecule has 0 spiro atoms.